The van der Waals surface area contributed by atoms with Crippen molar-refractivity contribution in [2.24, 2.45) is 23.7 Å². The number of nitrogens with one attached hydrogen (secondary N) is 1. The van der Waals surface area contributed by atoms with Gasteiger partial charge in [0.15, 0.2) is 0 Å². The van der Waals surface area contributed by atoms with Crippen molar-refractivity contribution in [3.05, 3.63) is 83.9 Å². The fourth-order valence-corrected chi connectivity index (χ4v) is 4.87. The first kappa shape index (κ1) is 18.5. The van der Waals surface area contributed by atoms with E-state index in [2.05, 4.69) is 29.6 Å². The highest BCUT2D eigenvalue weighted by Gasteiger charge is 2.51. The summed E-state index contributed by atoms with van der Waals surface area (Å²) in [6, 6.07) is 20.6. The molecule has 0 spiro atoms. The van der Waals surface area contributed by atoms with E-state index in [9.17, 15) is 14.7 Å². The minimum Gasteiger partial charge on any atom is -0.481 e. The first-order chi connectivity index (χ1) is 13.6. The van der Waals surface area contributed by atoms with Crippen molar-refractivity contribution in [2.75, 3.05) is 6.54 Å². The Hall–Kier alpha value is -2.88. The van der Waals surface area contributed by atoms with Gasteiger partial charge in [0.2, 0.25) is 5.91 Å². The van der Waals surface area contributed by atoms with Gasteiger partial charge in [-0.15, -0.1) is 0 Å². The van der Waals surface area contributed by atoms with Crippen molar-refractivity contribution in [3.8, 4) is 0 Å². The van der Waals surface area contributed by atoms with Crippen molar-refractivity contribution >= 4 is 11.9 Å². The van der Waals surface area contributed by atoms with Crippen LogP contribution in [0.1, 0.15) is 29.9 Å². The molecule has 2 bridgehead atoms. The lowest BCUT2D eigenvalue weighted by Crippen LogP contribution is -2.40. The minimum atomic E-state index is -0.858. The molecule has 0 aromatic heterocycles. The Kier molecular flexibility index (Phi) is 5.29. The summed E-state index contributed by atoms with van der Waals surface area (Å²) in [7, 11) is 0. The molecule has 4 nitrogen and oxygen atoms in total. The number of amides is 1. The van der Waals surface area contributed by atoms with E-state index in [-0.39, 0.29) is 23.7 Å². The second kappa shape index (κ2) is 8.01. The van der Waals surface area contributed by atoms with Gasteiger partial charge in [0.05, 0.1) is 11.8 Å². The molecule has 2 aromatic carbocycles. The number of benzene rings is 2. The van der Waals surface area contributed by atoms with Crippen LogP contribution in [0.2, 0.25) is 0 Å². The van der Waals surface area contributed by atoms with Gasteiger partial charge in [-0.3, -0.25) is 9.59 Å². The lowest BCUT2D eigenvalue weighted by Gasteiger charge is -2.24. The van der Waals surface area contributed by atoms with Gasteiger partial charge in [-0.2, -0.15) is 0 Å². The molecule has 2 N–H and O–H groups in total. The first-order valence-corrected chi connectivity index (χ1v) is 9.94. The molecular formula is C24H25NO3. The number of aliphatic carboxylic acids is 1. The van der Waals surface area contributed by atoms with Gasteiger partial charge in [0, 0.05) is 12.5 Å². The lowest BCUT2D eigenvalue weighted by molar-refractivity contribution is -0.147. The number of carboxylic acids is 1. The summed E-state index contributed by atoms with van der Waals surface area (Å²) in [5, 5.41) is 12.6. The van der Waals surface area contributed by atoms with Crippen LogP contribution in [0, 0.1) is 23.7 Å². The van der Waals surface area contributed by atoms with E-state index in [0.717, 1.165) is 12.8 Å². The fraction of sp³-hybridized carbons (Fsp3) is 0.333. The third kappa shape index (κ3) is 3.59. The summed E-state index contributed by atoms with van der Waals surface area (Å²) in [5.74, 6) is -1.76. The Morgan fingerprint density at radius 1 is 0.893 bits per heavy atom. The van der Waals surface area contributed by atoms with Crippen LogP contribution in [-0.4, -0.2) is 23.5 Å². The van der Waals surface area contributed by atoms with Gasteiger partial charge in [0.1, 0.15) is 0 Å². The van der Waals surface area contributed by atoms with E-state index in [1.807, 2.05) is 48.6 Å². The Balaban J connectivity index is 1.43. The monoisotopic (exact) mass is 375 g/mol. The summed E-state index contributed by atoms with van der Waals surface area (Å²) < 4.78 is 0. The number of carboxylic acid groups (broad SMARTS) is 1. The fourth-order valence-electron chi connectivity index (χ4n) is 4.87. The average Bonchev–Trinajstić information content (AvgIpc) is 3.34. The van der Waals surface area contributed by atoms with Crippen LogP contribution >= 0.6 is 0 Å². The van der Waals surface area contributed by atoms with Gasteiger partial charge < -0.3 is 10.4 Å². The Morgan fingerprint density at radius 3 is 1.96 bits per heavy atom. The van der Waals surface area contributed by atoms with Crippen LogP contribution < -0.4 is 5.32 Å². The van der Waals surface area contributed by atoms with Crippen LogP contribution in [0.15, 0.2) is 72.8 Å². The molecule has 0 saturated heterocycles. The lowest BCUT2D eigenvalue weighted by atomic mass is 9.82. The van der Waals surface area contributed by atoms with E-state index in [1.165, 1.54) is 11.1 Å². The molecule has 0 radical (unpaired) electrons. The molecular weight excluding hydrogens is 350 g/mol. The Labute approximate surface area is 165 Å². The standard InChI is InChI=1S/C24H25NO3/c26-23(21-18-11-12-19(15-18)22(21)24(27)28)25-14-13-20(16-7-3-1-4-8-16)17-9-5-2-6-10-17/h1-12,18-22H,13-15H2,(H,25,26)(H,27,28)/t18-,19+,21+,22+/m0/s1. The normalized spacial score (nSPS) is 25.2. The van der Waals surface area contributed by atoms with Gasteiger partial charge in [-0.25, -0.2) is 0 Å². The SMILES string of the molecule is O=C(O)[C@H]1[C@H](C(=O)NCCC(c2ccccc2)c2ccccc2)[C@H]2C=C[C@@H]1C2. The zero-order valence-corrected chi connectivity index (χ0v) is 15.7. The van der Waals surface area contributed by atoms with E-state index >= 15 is 0 Å². The van der Waals surface area contributed by atoms with Crippen LogP contribution in [0.4, 0.5) is 0 Å². The summed E-state index contributed by atoms with van der Waals surface area (Å²) in [6.07, 6.45) is 5.54. The van der Waals surface area contributed by atoms with E-state index in [4.69, 9.17) is 0 Å². The topological polar surface area (TPSA) is 66.4 Å². The smallest absolute Gasteiger partial charge is 0.307 e. The van der Waals surface area contributed by atoms with E-state index in [0.29, 0.717) is 6.54 Å². The van der Waals surface area contributed by atoms with Crippen molar-refractivity contribution in [3.63, 3.8) is 0 Å². The van der Waals surface area contributed by atoms with Crippen LogP contribution in [-0.2, 0) is 9.59 Å². The molecule has 2 aliphatic carbocycles. The molecule has 2 aromatic rings. The van der Waals surface area contributed by atoms with Gasteiger partial charge in [-0.05, 0) is 35.8 Å². The highest BCUT2D eigenvalue weighted by Crippen LogP contribution is 2.48. The second-order valence-corrected chi connectivity index (χ2v) is 7.79. The maximum atomic E-state index is 12.8. The van der Waals surface area contributed by atoms with E-state index in [1.54, 1.807) is 0 Å². The minimum absolute atomic E-state index is 0.000337. The zero-order valence-electron chi connectivity index (χ0n) is 15.7. The zero-order chi connectivity index (χ0) is 19.5. The molecule has 0 heterocycles. The number of carbonyl (C=O) groups is 2. The molecule has 4 atom stereocenters. The third-order valence-corrected chi connectivity index (χ3v) is 6.18. The molecule has 1 fully saturated rings. The number of hydrogen-bond acceptors (Lipinski definition) is 2. The quantitative estimate of drug-likeness (QED) is 0.723. The summed E-state index contributed by atoms with van der Waals surface area (Å²) in [5.41, 5.74) is 2.43. The number of allylic oxidation sites excluding steroid dienone is 2. The summed E-state index contributed by atoms with van der Waals surface area (Å²) >= 11 is 0. The number of fused-ring (bicyclic) bond motifs is 2. The largest absolute Gasteiger partial charge is 0.481 e. The van der Waals surface area contributed by atoms with Crippen LogP contribution in [0.25, 0.3) is 0 Å². The molecule has 0 aliphatic heterocycles. The highest BCUT2D eigenvalue weighted by molar-refractivity contribution is 5.86. The van der Waals surface area contributed by atoms with Crippen molar-refractivity contribution in [2.45, 2.75) is 18.8 Å². The van der Waals surface area contributed by atoms with Crippen LogP contribution in [0.5, 0.6) is 0 Å². The average molecular weight is 375 g/mol. The molecule has 144 valence electrons. The number of carbonyl (C=O) groups excluding carboxylic acids is 1. The predicted octanol–water partition coefficient (Wildman–Crippen LogP) is 3.85. The molecule has 28 heavy (non-hydrogen) atoms. The van der Waals surface area contributed by atoms with Crippen molar-refractivity contribution in [1.29, 1.82) is 0 Å². The maximum absolute atomic E-state index is 12.8. The Morgan fingerprint density at radius 2 is 1.43 bits per heavy atom. The number of rotatable bonds is 7. The van der Waals surface area contributed by atoms with Gasteiger partial charge >= 0.3 is 5.97 Å². The molecule has 0 unspecified atom stereocenters. The summed E-state index contributed by atoms with van der Waals surface area (Å²) in [6.45, 7) is 0.525. The second-order valence-electron chi connectivity index (χ2n) is 7.79. The Bertz CT molecular complexity index is 822. The van der Waals surface area contributed by atoms with Crippen molar-refractivity contribution in [1.82, 2.24) is 5.32 Å². The number of hydrogen-bond donors (Lipinski definition) is 2. The highest BCUT2D eigenvalue weighted by atomic mass is 16.4. The molecule has 4 rings (SSSR count). The first-order valence-electron chi connectivity index (χ1n) is 9.94. The van der Waals surface area contributed by atoms with Crippen molar-refractivity contribution < 1.29 is 14.7 Å². The molecule has 4 heteroatoms. The third-order valence-electron chi connectivity index (χ3n) is 6.18. The maximum Gasteiger partial charge on any atom is 0.307 e. The molecule has 1 saturated carbocycles. The van der Waals surface area contributed by atoms with Gasteiger partial charge in [0.25, 0.3) is 0 Å². The molecule has 2 aliphatic rings. The van der Waals surface area contributed by atoms with E-state index < -0.39 is 17.8 Å². The summed E-state index contributed by atoms with van der Waals surface area (Å²) in [4.78, 5) is 24.4. The predicted molar refractivity (Wildman–Crippen MR) is 108 cm³/mol. The van der Waals surface area contributed by atoms with Crippen LogP contribution in [0.3, 0.4) is 0 Å². The van der Waals surface area contributed by atoms with Gasteiger partial charge in [-0.1, -0.05) is 72.8 Å². The molecule has 1 amide bonds.